The molecule has 0 saturated carbocycles. The van der Waals surface area contributed by atoms with E-state index in [-0.39, 0.29) is 29.9 Å². The van der Waals surface area contributed by atoms with Crippen LogP contribution in [0.15, 0.2) is 52.9 Å². The predicted octanol–water partition coefficient (Wildman–Crippen LogP) is 3.01. The molecule has 9 heteroatoms. The molecule has 0 aliphatic carbocycles. The average Bonchev–Trinajstić information content (AvgIpc) is 3.14. The predicted molar refractivity (Wildman–Crippen MR) is 104 cm³/mol. The van der Waals surface area contributed by atoms with Crippen LogP contribution in [-0.2, 0) is 20.9 Å². The first-order valence-electron chi connectivity index (χ1n) is 8.66. The zero-order valence-electron chi connectivity index (χ0n) is 15.8. The van der Waals surface area contributed by atoms with Gasteiger partial charge in [-0.15, -0.1) is 10.2 Å². The minimum absolute atomic E-state index is 0.136. The zero-order valence-corrected chi connectivity index (χ0v) is 15.8. The van der Waals surface area contributed by atoms with E-state index in [1.54, 1.807) is 0 Å². The van der Waals surface area contributed by atoms with Crippen molar-refractivity contribution in [2.24, 2.45) is 0 Å². The fraction of sp³-hybridized carbons (Fsp3) is 0.150. The van der Waals surface area contributed by atoms with Crippen LogP contribution in [0.1, 0.15) is 30.1 Å². The first kappa shape index (κ1) is 19.7. The van der Waals surface area contributed by atoms with Crippen molar-refractivity contribution in [3.8, 4) is 11.5 Å². The van der Waals surface area contributed by atoms with Gasteiger partial charge < -0.3 is 19.8 Å². The van der Waals surface area contributed by atoms with Gasteiger partial charge in [0.2, 0.25) is 17.7 Å². The number of rotatable bonds is 6. The van der Waals surface area contributed by atoms with Gasteiger partial charge in [0.15, 0.2) is 6.61 Å². The molecule has 0 saturated heterocycles. The lowest BCUT2D eigenvalue weighted by molar-refractivity contribution is -0.115. The van der Waals surface area contributed by atoms with E-state index in [2.05, 4.69) is 20.8 Å². The number of amides is 2. The quantitative estimate of drug-likeness (QED) is 0.616. The van der Waals surface area contributed by atoms with E-state index in [1.807, 2.05) is 30.3 Å². The molecule has 148 valence electrons. The molecule has 0 fully saturated rings. The third kappa shape index (κ3) is 5.48. The number of hydrogen-bond donors (Lipinski definition) is 2. The minimum atomic E-state index is -0.678. The van der Waals surface area contributed by atoms with Crippen LogP contribution in [0.5, 0.6) is 0 Å². The molecule has 1 heterocycles. The number of anilines is 2. The molecule has 2 N–H and O–H groups in total. The fourth-order valence-electron chi connectivity index (χ4n) is 2.52. The summed E-state index contributed by atoms with van der Waals surface area (Å²) < 4.78 is 10.7. The Kier molecular flexibility index (Phi) is 5.98. The van der Waals surface area contributed by atoms with Gasteiger partial charge in [-0.25, -0.2) is 4.79 Å². The van der Waals surface area contributed by atoms with Crippen LogP contribution in [-0.4, -0.2) is 28.0 Å². The summed E-state index contributed by atoms with van der Waals surface area (Å²) >= 11 is 0. The Morgan fingerprint density at radius 1 is 0.931 bits per heavy atom. The van der Waals surface area contributed by atoms with E-state index in [9.17, 15) is 14.4 Å². The van der Waals surface area contributed by atoms with E-state index in [4.69, 9.17) is 9.15 Å². The Labute approximate surface area is 166 Å². The van der Waals surface area contributed by atoms with Gasteiger partial charge in [0.1, 0.15) is 0 Å². The Bertz CT molecular complexity index is 1010. The first-order chi connectivity index (χ1) is 13.9. The molecule has 2 aromatic carbocycles. The SMILES string of the molecule is CC(=O)Nc1cc(NC(C)=O)cc(C(=O)OCc2nnc(-c3ccccc3)o2)c1. The van der Waals surface area contributed by atoms with E-state index < -0.39 is 5.97 Å². The van der Waals surface area contributed by atoms with Gasteiger partial charge in [-0.3, -0.25) is 9.59 Å². The number of aromatic nitrogens is 2. The molecule has 1 aromatic heterocycles. The standard InChI is InChI=1S/C20H18N4O5/c1-12(25)21-16-8-15(9-17(10-16)22-13(2)26)20(27)28-11-18-23-24-19(29-18)14-6-4-3-5-7-14/h3-10H,11H2,1-2H3,(H,21,25)(H,22,26). The highest BCUT2D eigenvalue weighted by Crippen LogP contribution is 2.21. The number of esters is 1. The lowest BCUT2D eigenvalue weighted by atomic mass is 10.1. The average molecular weight is 394 g/mol. The molecule has 3 aromatic rings. The first-order valence-corrected chi connectivity index (χ1v) is 8.66. The second kappa shape index (κ2) is 8.79. The maximum atomic E-state index is 12.4. The van der Waals surface area contributed by atoms with Crippen LogP contribution in [0.2, 0.25) is 0 Å². The van der Waals surface area contributed by atoms with Gasteiger partial charge in [0, 0.05) is 30.8 Å². The van der Waals surface area contributed by atoms with Crippen LogP contribution in [0, 0.1) is 0 Å². The molecule has 3 rings (SSSR count). The smallest absolute Gasteiger partial charge is 0.338 e. The summed E-state index contributed by atoms with van der Waals surface area (Å²) in [6, 6.07) is 13.6. The summed E-state index contributed by atoms with van der Waals surface area (Å²) in [4.78, 5) is 35.1. The molecule has 29 heavy (non-hydrogen) atoms. The van der Waals surface area contributed by atoms with Gasteiger partial charge in [-0.05, 0) is 30.3 Å². The van der Waals surface area contributed by atoms with Crippen LogP contribution >= 0.6 is 0 Å². The minimum Gasteiger partial charge on any atom is -0.452 e. The molecule has 0 atom stereocenters. The third-order valence-corrected chi connectivity index (χ3v) is 3.62. The van der Waals surface area contributed by atoms with Crippen molar-refractivity contribution in [2.75, 3.05) is 10.6 Å². The lowest BCUT2D eigenvalue weighted by Crippen LogP contribution is -2.12. The van der Waals surface area contributed by atoms with Gasteiger partial charge in [0.05, 0.1) is 5.56 Å². The molecule has 0 bridgehead atoms. The number of ether oxygens (including phenoxy) is 1. The van der Waals surface area contributed by atoms with Crippen LogP contribution < -0.4 is 10.6 Å². The summed E-state index contributed by atoms with van der Waals surface area (Å²) in [6.45, 7) is 2.45. The Morgan fingerprint density at radius 2 is 1.55 bits per heavy atom. The highest BCUT2D eigenvalue weighted by molar-refractivity contribution is 5.97. The highest BCUT2D eigenvalue weighted by atomic mass is 16.5. The molecular formula is C20H18N4O5. The number of hydrogen-bond acceptors (Lipinski definition) is 7. The molecular weight excluding hydrogens is 376 g/mol. The van der Waals surface area contributed by atoms with Crippen LogP contribution in [0.25, 0.3) is 11.5 Å². The van der Waals surface area contributed by atoms with Gasteiger partial charge in [-0.1, -0.05) is 18.2 Å². The summed E-state index contributed by atoms with van der Waals surface area (Å²) in [5.74, 6) is -0.856. The van der Waals surface area contributed by atoms with E-state index >= 15 is 0 Å². The van der Waals surface area contributed by atoms with Crippen LogP contribution in [0.3, 0.4) is 0 Å². The van der Waals surface area contributed by atoms with E-state index in [0.29, 0.717) is 17.3 Å². The number of benzene rings is 2. The zero-order chi connectivity index (χ0) is 20.8. The molecule has 0 spiro atoms. The Morgan fingerprint density at radius 3 is 2.14 bits per heavy atom. The Balaban J connectivity index is 1.72. The summed E-state index contributed by atoms with van der Waals surface area (Å²) in [5.41, 5.74) is 1.59. The highest BCUT2D eigenvalue weighted by Gasteiger charge is 2.15. The molecule has 2 amide bonds. The third-order valence-electron chi connectivity index (χ3n) is 3.62. The van der Waals surface area contributed by atoms with Crippen molar-refractivity contribution in [1.82, 2.24) is 10.2 Å². The van der Waals surface area contributed by atoms with E-state index in [1.165, 1.54) is 32.0 Å². The number of nitrogens with one attached hydrogen (secondary N) is 2. The fourth-order valence-corrected chi connectivity index (χ4v) is 2.52. The Hall–Kier alpha value is -4.01. The molecule has 0 radical (unpaired) electrons. The second-order valence-corrected chi connectivity index (χ2v) is 6.10. The normalized spacial score (nSPS) is 10.3. The molecule has 0 aliphatic rings. The van der Waals surface area contributed by atoms with E-state index in [0.717, 1.165) is 5.56 Å². The molecule has 0 aliphatic heterocycles. The number of carbonyl (C=O) groups is 3. The molecule has 0 unspecified atom stereocenters. The second-order valence-electron chi connectivity index (χ2n) is 6.10. The van der Waals surface area contributed by atoms with Gasteiger partial charge >= 0.3 is 5.97 Å². The summed E-state index contributed by atoms with van der Waals surface area (Å²) in [7, 11) is 0. The summed E-state index contributed by atoms with van der Waals surface area (Å²) in [6.07, 6.45) is 0. The van der Waals surface area contributed by atoms with Crippen molar-refractivity contribution in [1.29, 1.82) is 0 Å². The maximum Gasteiger partial charge on any atom is 0.338 e. The van der Waals surface area contributed by atoms with Gasteiger partial charge in [0.25, 0.3) is 5.89 Å². The number of nitrogens with zero attached hydrogens (tertiary/aromatic N) is 2. The van der Waals surface area contributed by atoms with Crippen molar-refractivity contribution < 1.29 is 23.5 Å². The monoisotopic (exact) mass is 394 g/mol. The topological polar surface area (TPSA) is 123 Å². The van der Waals surface area contributed by atoms with Crippen molar-refractivity contribution in [2.45, 2.75) is 20.5 Å². The maximum absolute atomic E-state index is 12.4. The largest absolute Gasteiger partial charge is 0.452 e. The summed E-state index contributed by atoms with van der Waals surface area (Å²) in [5, 5.41) is 12.9. The van der Waals surface area contributed by atoms with Gasteiger partial charge in [-0.2, -0.15) is 0 Å². The van der Waals surface area contributed by atoms with Crippen LogP contribution in [0.4, 0.5) is 11.4 Å². The van der Waals surface area contributed by atoms with Crippen molar-refractivity contribution in [3.05, 3.63) is 60.0 Å². The lowest BCUT2D eigenvalue weighted by Gasteiger charge is -2.10. The van der Waals surface area contributed by atoms with Crippen molar-refractivity contribution in [3.63, 3.8) is 0 Å². The van der Waals surface area contributed by atoms with Crippen molar-refractivity contribution >= 4 is 29.2 Å². The molecule has 9 nitrogen and oxygen atoms in total. The number of carbonyl (C=O) groups excluding carboxylic acids is 3.